The molecule has 1 heterocycles. The molecule has 0 saturated heterocycles. The predicted octanol–water partition coefficient (Wildman–Crippen LogP) is 6.37. The van der Waals surface area contributed by atoms with E-state index in [4.69, 9.17) is 9.97 Å². The molecule has 0 aliphatic heterocycles. The first-order valence-electron chi connectivity index (χ1n) is 10.2. The van der Waals surface area contributed by atoms with Gasteiger partial charge in [-0.25, -0.2) is 9.97 Å². The number of anilines is 2. The first kappa shape index (κ1) is 17.4. The van der Waals surface area contributed by atoms with Gasteiger partial charge in [0, 0.05) is 22.2 Å². The molecule has 2 atom stereocenters. The third-order valence-corrected chi connectivity index (χ3v) is 7.40. The standard InChI is InChI=1S/C25H27N3/c1-16-10-12-18(13-11-16)26-23-27-21(17-8-6-5-7-9-17)20-19-14-15-25(4,22(20)28-23)24(19,2)3/h5-13,19H,14-15H2,1-4H3,(H,26,27,28). The average Bonchev–Trinajstić information content (AvgIpc) is 3.02. The van der Waals surface area contributed by atoms with E-state index >= 15 is 0 Å². The van der Waals surface area contributed by atoms with Gasteiger partial charge in [0.15, 0.2) is 0 Å². The number of hydrogen-bond acceptors (Lipinski definition) is 3. The summed E-state index contributed by atoms with van der Waals surface area (Å²) in [4.78, 5) is 10.1. The number of fused-ring (bicyclic) bond motifs is 5. The third-order valence-electron chi connectivity index (χ3n) is 7.40. The lowest BCUT2D eigenvalue weighted by atomic mass is 9.70. The lowest BCUT2D eigenvalue weighted by molar-refractivity contribution is 0.227. The summed E-state index contributed by atoms with van der Waals surface area (Å²) < 4.78 is 0. The van der Waals surface area contributed by atoms with Crippen LogP contribution in [0.15, 0.2) is 54.6 Å². The van der Waals surface area contributed by atoms with Crippen molar-refractivity contribution in [2.45, 2.75) is 51.9 Å². The van der Waals surface area contributed by atoms with Gasteiger partial charge in [0.05, 0.1) is 11.4 Å². The van der Waals surface area contributed by atoms with Gasteiger partial charge in [-0.15, -0.1) is 0 Å². The van der Waals surface area contributed by atoms with Gasteiger partial charge in [-0.05, 0) is 43.2 Å². The summed E-state index contributed by atoms with van der Waals surface area (Å²) in [6.45, 7) is 9.32. The summed E-state index contributed by atoms with van der Waals surface area (Å²) in [7, 11) is 0. The summed E-state index contributed by atoms with van der Waals surface area (Å²) in [6.07, 6.45) is 2.43. The van der Waals surface area contributed by atoms with E-state index in [9.17, 15) is 0 Å². The number of aromatic nitrogens is 2. The maximum absolute atomic E-state index is 5.08. The van der Waals surface area contributed by atoms with E-state index in [1.165, 1.54) is 35.2 Å². The normalized spacial score (nSPS) is 24.2. The molecule has 142 valence electrons. The van der Waals surface area contributed by atoms with E-state index in [0.29, 0.717) is 11.9 Å². The van der Waals surface area contributed by atoms with Crippen LogP contribution in [0.1, 0.15) is 56.4 Å². The molecule has 1 aromatic heterocycles. The van der Waals surface area contributed by atoms with Crippen molar-refractivity contribution in [3.63, 3.8) is 0 Å². The van der Waals surface area contributed by atoms with Gasteiger partial charge in [0.2, 0.25) is 5.95 Å². The highest BCUT2D eigenvalue weighted by Crippen LogP contribution is 2.68. The molecule has 3 aromatic rings. The molecule has 2 bridgehead atoms. The van der Waals surface area contributed by atoms with E-state index < -0.39 is 0 Å². The molecule has 0 spiro atoms. The lowest BCUT2D eigenvalue weighted by Crippen LogP contribution is -2.32. The summed E-state index contributed by atoms with van der Waals surface area (Å²) in [5.41, 5.74) is 7.48. The van der Waals surface area contributed by atoms with Crippen LogP contribution in [0, 0.1) is 12.3 Å². The fourth-order valence-electron chi connectivity index (χ4n) is 5.29. The van der Waals surface area contributed by atoms with Gasteiger partial charge in [0.1, 0.15) is 0 Å². The molecular formula is C25H27N3. The highest BCUT2D eigenvalue weighted by molar-refractivity contribution is 5.71. The van der Waals surface area contributed by atoms with E-state index in [0.717, 1.165) is 11.4 Å². The highest BCUT2D eigenvalue weighted by Gasteiger charge is 2.61. The van der Waals surface area contributed by atoms with Gasteiger partial charge in [-0.1, -0.05) is 68.8 Å². The molecule has 1 N–H and O–H groups in total. The van der Waals surface area contributed by atoms with Gasteiger partial charge >= 0.3 is 0 Å². The van der Waals surface area contributed by atoms with Crippen LogP contribution in [0.5, 0.6) is 0 Å². The summed E-state index contributed by atoms with van der Waals surface area (Å²) in [5, 5.41) is 3.45. The first-order chi connectivity index (χ1) is 13.4. The predicted molar refractivity (Wildman–Crippen MR) is 115 cm³/mol. The van der Waals surface area contributed by atoms with Crippen LogP contribution >= 0.6 is 0 Å². The molecule has 2 aliphatic rings. The molecule has 1 fully saturated rings. The van der Waals surface area contributed by atoms with Crippen molar-refractivity contribution in [1.29, 1.82) is 0 Å². The number of hydrogen-bond donors (Lipinski definition) is 1. The minimum atomic E-state index is 0.100. The zero-order chi connectivity index (χ0) is 19.5. The number of rotatable bonds is 3. The molecule has 28 heavy (non-hydrogen) atoms. The fourth-order valence-corrected chi connectivity index (χ4v) is 5.29. The first-order valence-corrected chi connectivity index (χ1v) is 10.2. The topological polar surface area (TPSA) is 37.8 Å². The summed E-state index contributed by atoms with van der Waals surface area (Å²) in [6, 6.07) is 19.0. The monoisotopic (exact) mass is 369 g/mol. The number of benzene rings is 2. The second-order valence-electron chi connectivity index (χ2n) is 9.16. The van der Waals surface area contributed by atoms with Crippen molar-refractivity contribution >= 4 is 11.6 Å². The Hall–Kier alpha value is -2.68. The molecule has 3 nitrogen and oxygen atoms in total. The van der Waals surface area contributed by atoms with Crippen molar-refractivity contribution in [2.75, 3.05) is 5.32 Å². The van der Waals surface area contributed by atoms with Gasteiger partial charge in [-0.3, -0.25) is 0 Å². The van der Waals surface area contributed by atoms with Crippen LogP contribution in [-0.2, 0) is 5.41 Å². The molecular weight excluding hydrogens is 342 g/mol. The molecule has 2 unspecified atom stereocenters. The summed E-state index contributed by atoms with van der Waals surface area (Å²) in [5.74, 6) is 1.22. The van der Waals surface area contributed by atoms with Crippen LogP contribution in [0.25, 0.3) is 11.3 Å². The summed E-state index contributed by atoms with van der Waals surface area (Å²) >= 11 is 0. The second-order valence-corrected chi connectivity index (χ2v) is 9.16. The number of nitrogens with zero attached hydrogens (tertiary/aromatic N) is 2. The molecule has 2 aliphatic carbocycles. The van der Waals surface area contributed by atoms with Crippen molar-refractivity contribution < 1.29 is 0 Å². The number of nitrogens with one attached hydrogen (secondary N) is 1. The van der Waals surface area contributed by atoms with Crippen LogP contribution in [-0.4, -0.2) is 9.97 Å². The SMILES string of the molecule is Cc1ccc(Nc2nc(-c3ccccc3)c3c(n2)C2(C)CCC3C2(C)C)cc1. The Kier molecular flexibility index (Phi) is 3.67. The van der Waals surface area contributed by atoms with Crippen LogP contribution in [0.4, 0.5) is 11.6 Å². The Balaban J connectivity index is 1.69. The fraction of sp³-hybridized carbons (Fsp3) is 0.360. The molecule has 5 rings (SSSR count). The van der Waals surface area contributed by atoms with Gasteiger partial charge in [0.25, 0.3) is 0 Å². The van der Waals surface area contributed by atoms with E-state index in [-0.39, 0.29) is 10.8 Å². The van der Waals surface area contributed by atoms with Crippen LogP contribution in [0.3, 0.4) is 0 Å². The molecule has 2 aromatic carbocycles. The smallest absolute Gasteiger partial charge is 0.228 e. The Labute approximate surface area is 167 Å². The Morgan fingerprint density at radius 3 is 2.36 bits per heavy atom. The number of aryl methyl sites for hydroxylation is 1. The third kappa shape index (κ3) is 2.35. The van der Waals surface area contributed by atoms with Crippen LogP contribution < -0.4 is 5.32 Å². The zero-order valence-corrected chi connectivity index (χ0v) is 17.1. The van der Waals surface area contributed by atoms with Crippen molar-refractivity contribution in [2.24, 2.45) is 5.41 Å². The molecule has 0 radical (unpaired) electrons. The van der Waals surface area contributed by atoms with Crippen LogP contribution in [0.2, 0.25) is 0 Å². The Morgan fingerprint density at radius 2 is 1.64 bits per heavy atom. The zero-order valence-electron chi connectivity index (χ0n) is 17.1. The largest absolute Gasteiger partial charge is 0.324 e. The quantitative estimate of drug-likeness (QED) is 0.583. The van der Waals surface area contributed by atoms with E-state index in [1.807, 2.05) is 0 Å². The van der Waals surface area contributed by atoms with Crippen molar-refractivity contribution in [3.05, 3.63) is 71.4 Å². The van der Waals surface area contributed by atoms with Crippen molar-refractivity contribution in [3.8, 4) is 11.3 Å². The van der Waals surface area contributed by atoms with Crippen molar-refractivity contribution in [1.82, 2.24) is 9.97 Å². The van der Waals surface area contributed by atoms with E-state index in [2.05, 4.69) is 87.6 Å². The highest BCUT2D eigenvalue weighted by atomic mass is 15.1. The minimum Gasteiger partial charge on any atom is -0.324 e. The molecule has 1 saturated carbocycles. The Morgan fingerprint density at radius 1 is 0.929 bits per heavy atom. The molecule has 0 amide bonds. The average molecular weight is 370 g/mol. The lowest BCUT2D eigenvalue weighted by Gasteiger charge is -2.34. The second kappa shape index (κ2) is 5.91. The van der Waals surface area contributed by atoms with Gasteiger partial charge in [-0.2, -0.15) is 0 Å². The van der Waals surface area contributed by atoms with E-state index in [1.54, 1.807) is 0 Å². The minimum absolute atomic E-state index is 0.100. The molecule has 3 heteroatoms. The maximum Gasteiger partial charge on any atom is 0.228 e. The maximum atomic E-state index is 5.08. The van der Waals surface area contributed by atoms with Gasteiger partial charge < -0.3 is 5.32 Å². The Bertz CT molecular complexity index is 1040.